The maximum atomic E-state index is 6.14. The van der Waals surface area contributed by atoms with Gasteiger partial charge in [0.05, 0.1) is 11.2 Å². The van der Waals surface area contributed by atoms with Gasteiger partial charge in [0.2, 0.25) is 0 Å². The van der Waals surface area contributed by atoms with Crippen molar-refractivity contribution in [3.05, 3.63) is 65.2 Å². The van der Waals surface area contributed by atoms with Gasteiger partial charge < -0.3 is 9.31 Å². The van der Waals surface area contributed by atoms with Gasteiger partial charge in [-0.2, -0.15) is 0 Å². The molecule has 0 atom stereocenters. The van der Waals surface area contributed by atoms with E-state index in [1.54, 1.807) is 0 Å². The summed E-state index contributed by atoms with van der Waals surface area (Å²) in [4.78, 5) is 0. The molecule has 2 aromatic rings. The molecule has 23 heavy (non-hydrogen) atoms. The van der Waals surface area contributed by atoms with Gasteiger partial charge in [0, 0.05) is 0 Å². The molecule has 1 aliphatic heterocycles. The minimum absolute atomic E-state index is 0.288. The molecular weight excluding hydrogens is 283 g/mol. The summed E-state index contributed by atoms with van der Waals surface area (Å²) in [6, 6.07) is 17.1. The average molecular weight is 308 g/mol. The molecule has 3 heteroatoms. The van der Waals surface area contributed by atoms with E-state index in [4.69, 9.17) is 9.31 Å². The van der Waals surface area contributed by atoms with E-state index in [-0.39, 0.29) is 18.3 Å². The second-order valence-electron chi connectivity index (χ2n) is 7.44. The monoisotopic (exact) mass is 308 g/mol. The molecule has 1 fully saturated rings. The van der Waals surface area contributed by atoms with E-state index >= 15 is 0 Å². The number of rotatable bonds is 3. The second-order valence-corrected chi connectivity index (χ2v) is 7.44. The fourth-order valence-electron chi connectivity index (χ4n) is 2.86. The van der Waals surface area contributed by atoms with E-state index in [1.807, 2.05) is 0 Å². The molecular formula is C20H25BO2. The molecule has 0 spiro atoms. The Kier molecular flexibility index (Phi) is 4.11. The van der Waals surface area contributed by atoms with Crippen LogP contribution in [-0.4, -0.2) is 18.3 Å². The van der Waals surface area contributed by atoms with Gasteiger partial charge >= 0.3 is 7.12 Å². The van der Waals surface area contributed by atoms with Crippen LogP contribution in [-0.2, 0) is 15.7 Å². The Balaban J connectivity index is 1.81. The molecule has 1 heterocycles. The zero-order valence-corrected chi connectivity index (χ0v) is 14.7. The summed E-state index contributed by atoms with van der Waals surface area (Å²) in [6.45, 7) is 10.5. The molecule has 2 aromatic carbocycles. The lowest BCUT2D eigenvalue weighted by molar-refractivity contribution is 0.00578. The van der Waals surface area contributed by atoms with E-state index in [0.717, 1.165) is 11.9 Å². The summed E-state index contributed by atoms with van der Waals surface area (Å²) in [5, 5.41) is 0. The molecule has 2 nitrogen and oxygen atoms in total. The third kappa shape index (κ3) is 3.22. The Hall–Kier alpha value is -1.58. The highest BCUT2D eigenvalue weighted by atomic mass is 16.7. The standard InChI is InChI=1S/C20H25BO2/c1-15-13-18(21-22-19(2,3)20(4,5)23-21)12-11-17(15)14-16-9-7-6-8-10-16/h6-13H,14H2,1-5H3. The summed E-state index contributed by atoms with van der Waals surface area (Å²) in [6.07, 6.45) is 0.955. The highest BCUT2D eigenvalue weighted by molar-refractivity contribution is 6.62. The molecule has 0 aliphatic carbocycles. The van der Waals surface area contributed by atoms with Crippen molar-refractivity contribution < 1.29 is 9.31 Å². The van der Waals surface area contributed by atoms with Crippen LogP contribution in [0, 0.1) is 6.92 Å². The van der Waals surface area contributed by atoms with Gasteiger partial charge in [-0.3, -0.25) is 0 Å². The Morgan fingerprint density at radius 3 is 2.04 bits per heavy atom. The van der Waals surface area contributed by atoms with Crippen LogP contribution in [0.25, 0.3) is 0 Å². The molecule has 0 aromatic heterocycles. The van der Waals surface area contributed by atoms with E-state index in [1.165, 1.54) is 16.7 Å². The van der Waals surface area contributed by atoms with Crippen LogP contribution in [0.15, 0.2) is 48.5 Å². The van der Waals surface area contributed by atoms with Crippen LogP contribution in [0.3, 0.4) is 0 Å². The first-order valence-corrected chi connectivity index (χ1v) is 8.27. The lowest BCUT2D eigenvalue weighted by Gasteiger charge is -2.32. The van der Waals surface area contributed by atoms with Gasteiger partial charge in [-0.1, -0.05) is 48.5 Å². The van der Waals surface area contributed by atoms with Crippen molar-refractivity contribution in [2.45, 2.75) is 52.2 Å². The highest BCUT2D eigenvalue weighted by Gasteiger charge is 2.51. The normalized spacial score (nSPS) is 19.1. The molecule has 0 saturated carbocycles. The highest BCUT2D eigenvalue weighted by Crippen LogP contribution is 2.36. The molecule has 1 aliphatic rings. The number of benzene rings is 2. The number of hydrogen-bond donors (Lipinski definition) is 0. The minimum Gasteiger partial charge on any atom is -0.399 e. The Morgan fingerprint density at radius 2 is 1.48 bits per heavy atom. The lowest BCUT2D eigenvalue weighted by Crippen LogP contribution is -2.41. The fraction of sp³-hybridized carbons (Fsp3) is 0.400. The van der Waals surface area contributed by atoms with Crippen molar-refractivity contribution in [2.24, 2.45) is 0 Å². The van der Waals surface area contributed by atoms with E-state index in [9.17, 15) is 0 Å². The molecule has 0 bridgehead atoms. The molecule has 0 radical (unpaired) electrons. The molecule has 1 saturated heterocycles. The lowest BCUT2D eigenvalue weighted by atomic mass is 9.77. The summed E-state index contributed by atoms with van der Waals surface area (Å²) in [7, 11) is -0.288. The Morgan fingerprint density at radius 1 is 0.870 bits per heavy atom. The predicted molar refractivity (Wildman–Crippen MR) is 96.1 cm³/mol. The van der Waals surface area contributed by atoms with E-state index in [2.05, 4.69) is 83.1 Å². The fourth-order valence-corrected chi connectivity index (χ4v) is 2.86. The third-order valence-electron chi connectivity index (χ3n) is 5.13. The Labute approximate surface area is 140 Å². The van der Waals surface area contributed by atoms with Crippen molar-refractivity contribution in [2.75, 3.05) is 0 Å². The van der Waals surface area contributed by atoms with Crippen molar-refractivity contribution in [1.29, 1.82) is 0 Å². The van der Waals surface area contributed by atoms with Crippen LogP contribution >= 0.6 is 0 Å². The maximum absolute atomic E-state index is 6.14. The van der Waals surface area contributed by atoms with Crippen molar-refractivity contribution >= 4 is 12.6 Å². The predicted octanol–water partition coefficient (Wildman–Crippen LogP) is 3.89. The molecule has 3 rings (SSSR count). The van der Waals surface area contributed by atoms with Gasteiger partial charge in [0.25, 0.3) is 0 Å². The topological polar surface area (TPSA) is 18.5 Å². The first kappa shape index (κ1) is 16.3. The van der Waals surface area contributed by atoms with Gasteiger partial charge in [-0.05, 0) is 63.2 Å². The summed E-state index contributed by atoms with van der Waals surface area (Å²) < 4.78 is 12.3. The maximum Gasteiger partial charge on any atom is 0.494 e. The SMILES string of the molecule is Cc1cc(B2OC(C)(C)C(C)(C)O2)ccc1Cc1ccccc1. The van der Waals surface area contributed by atoms with Crippen LogP contribution in [0.4, 0.5) is 0 Å². The molecule has 0 unspecified atom stereocenters. The van der Waals surface area contributed by atoms with Gasteiger partial charge in [0.1, 0.15) is 0 Å². The smallest absolute Gasteiger partial charge is 0.399 e. The van der Waals surface area contributed by atoms with E-state index in [0.29, 0.717) is 0 Å². The quantitative estimate of drug-likeness (QED) is 0.801. The van der Waals surface area contributed by atoms with Gasteiger partial charge in [0.15, 0.2) is 0 Å². The zero-order chi connectivity index (χ0) is 16.7. The minimum atomic E-state index is -0.297. The molecule has 120 valence electrons. The van der Waals surface area contributed by atoms with Crippen molar-refractivity contribution in [3.63, 3.8) is 0 Å². The average Bonchev–Trinajstić information content (AvgIpc) is 2.71. The van der Waals surface area contributed by atoms with Crippen LogP contribution in [0.2, 0.25) is 0 Å². The summed E-state index contributed by atoms with van der Waals surface area (Å²) >= 11 is 0. The van der Waals surface area contributed by atoms with Crippen molar-refractivity contribution in [3.8, 4) is 0 Å². The zero-order valence-electron chi connectivity index (χ0n) is 14.7. The first-order valence-electron chi connectivity index (χ1n) is 8.27. The number of aryl methyl sites for hydroxylation is 1. The summed E-state index contributed by atoms with van der Waals surface area (Å²) in [5.74, 6) is 0. The Bertz CT molecular complexity index is 676. The molecule has 0 N–H and O–H groups in total. The van der Waals surface area contributed by atoms with Crippen LogP contribution in [0.5, 0.6) is 0 Å². The largest absolute Gasteiger partial charge is 0.494 e. The van der Waals surface area contributed by atoms with Crippen LogP contribution in [0.1, 0.15) is 44.4 Å². The van der Waals surface area contributed by atoms with Crippen LogP contribution < -0.4 is 5.46 Å². The van der Waals surface area contributed by atoms with E-state index < -0.39 is 0 Å². The molecule has 0 amide bonds. The first-order chi connectivity index (χ1) is 10.8. The third-order valence-corrected chi connectivity index (χ3v) is 5.13. The van der Waals surface area contributed by atoms with Crippen molar-refractivity contribution in [1.82, 2.24) is 0 Å². The second kappa shape index (κ2) is 5.81. The summed E-state index contributed by atoms with van der Waals surface area (Å²) in [5.41, 5.74) is 4.46. The van der Waals surface area contributed by atoms with Gasteiger partial charge in [-0.15, -0.1) is 0 Å². The number of hydrogen-bond acceptors (Lipinski definition) is 2. The van der Waals surface area contributed by atoms with Gasteiger partial charge in [-0.25, -0.2) is 0 Å².